The first-order valence-electron chi connectivity index (χ1n) is 11.1. The van der Waals surface area contributed by atoms with Gasteiger partial charge in [0.1, 0.15) is 6.61 Å². The van der Waals surface area contributed by atoms with Gasteiger partial charge in [0, 0.05) is 34.1 Å². The second kappa shape index (κ2) is 13.2. The van der Waals surface area contributed by atoms with Crippen LogP contribution in [0.5, 0.6) is 11.5 Å². The molecule has 3 aromatic rings. The molecule has 0 saturated heterocycles. The van der Waals surface area contributed by atoms with E-state index in [-0.39, 0.29) is 25.1 Å². The van der Waals surface area contributed by atoms with E-state index in [1.165, 1.54) is 25.5 Å². The van der Waals surface area contributed by atoms with E-state index in [4.69, 9.17) is 32.7 Å². The van der Waals surface area contributed by atoms with Gasteiger partial charge < -0.3 is 14.8 Å². The van der Waals surface area contributed by atoms with Crippen LogP contribution in [0.3, 0.4) is 0 Å². The molecular formula is C26H22Cl2F3N3O4. The van der Waals surface area contributed by atoms with Crippen LogP contribution in [0.2, 0.25) is 10.0 Å². The molecule has 0 aliphatic heterocycles. The normalized spacial score (nSPS) is 11.3. The summed E-state index contributed by atoms with van der Waals surface area (Å²) >= 11 is 12.1. The van der Waals surface area contributed by atoms with Gasteiger partial charge >= 0.3 is 6.18 Å². The van der Waals surface area contributed by atoms with Crippen molar-refractivity contribution in [2.75, 3.05) is 12.4 Å². The quantitative estimate of drug-likeness (QED) is 0.217. The topological polar surface area (TPSA) is 89.0 Å². The monoisotopic (exact) mass is 567 g/mol. The fourth-order valence-electron chi connectivity index (χ4n) is 3.14. The standard InChI is InChI=1S/C26H22Cl2F3N3O4/c1-37-23-11-16(5-8-22(23)38-15-17-6-7-19(27)13-21(17)28)14-32-34-25(36)10-9-24(35)33-20-4-2-3-18(12-20)26(29,30)31/h2-8,11-14H,9-10,15H2,1H3,(H,33,35)(H,34,36). The zero-order valence-electron chi connectivity index (χ0n) is 19.9. The van der Waals surface area contributed by atoms with Gasteiger partial charge in [-0.3, -0.25) is 9.59 Å². The zero-order valence-corrected chi connectivity index (χ0v) is 21.5. The minimum atomic E-state index is -4.53. The lowest BCUT2D eigenvalue weighted by Gasteiger charge is -2.12. The molecule has 2 amide bonds. The van der Waals surface area contributed by atoms with Crippen LogP contribution in [0.1, 0.15) is 29.5 Å². The van der Waals surface area contributed by atoms with Crippen molar-refractivity contribution in [1.29, 1.82) is 0 Å². The van der Waals surface area contributed by atoms with Crippen molar-refractivity contribution in [3.8, 4) is 11.5 Å². The molecule has 3 aromatic carbocycles. The molecule has 0 saturated carbocycles. The molecule has 0 fully saturated rings. The molecular weight excluding hydrogens is 546 g/mol. The molecule has 0 atom stereocenters. The number of methoxy groups -OCH3 is 1. The first-order valence-corrected chi connectivity index (χ1v) is 11.8. The van der Waals surface area contributed by atoms with Crippen molar-refractivity contribution in [2.45, 2.75) is 25.6 Å². The Morgan fingerprint density at radius 3 is 2.45 bits per heavy atom. The molecule has 3 rings (SSSR count). The second-order valence-corrected chi connectivity index (χ2v) is 8.70. The summed E-state index contributed by atoms with van der Waals surface area (Å²) in [4.78, 5) is 24.0. The van der Waals surface area contributed by atoms with E-state index < -0.39 is 23.6 Å². The van der Waals surface area contributed by atoms with Gasteiger partial charge in [0.05, 0.1) is 18.9 Å². The Bertz CT molecular complexity index is 1330. The molecule has 0 aliphatic rings. The number of carbonyl (C=O) groups excluding carboxylic acids is 2. The van der Waals surface area contributed by atoms with Crippen molar-refractivity contribution in [2.24, 2.45) is 5.10 Å². The predicted octanol–water partition coefficient (Wildman–Crippen LogP) is 6.47. The maximum atomic E-state index is 12.8. The number of hydrogen-bond donors (Lipinski definition) is 2. The summed E-state index contributed by atoms with van der Waals surface area (Å²) in [6.07, 6.45) is -3.61. The summed E-state index contributed by atoms with van der Waals surface area (Å²) < 4.78 is 49.5. The third kappa shape index (κ3) is 8.67. The summed E-state index contributed by atoms with van der Waals surface area (Å²) in [6, 6.07) is 14.3. The van der Waals surface area contributed by atoms with Crippen LogP contribution in [0.15, 0.2) is 65.8 Å². The SMILES string of the molecule is COc1cc(C=NNC(=O)CCC(=O)Nc2cccc(C(F)(F)F)c2)ccc1OCc1ccc(Cl)cc1Cl. The highest BCUT2D eigenvalue weighted by Crippen LogP contribution is 2.31. The maximum absolute atomic E-state index is 12.8. The van der Waals surface area contributed by atoms with Crippen LogP contribution < -0.4 is 20.2 Å². The number of anilines is 1. The molecule has 0 heterocycles. The van der Waals surface area contributed by atoms with E-state index in [1.54, 1.807) is 36.4 Å². The maximum Gasteiger partial charge on any atom is 0.416 e. The van der Waals surface area contributed by atoms with Crippen molar-refractivity contribution < 1.29 is 32.2 Å². The number of alkyl halides is 3. The van der Waals surface area contributed by atoms with Gasteiger partial charge in [-0.1, -0.05) is 35.3 Å². The molecule has 38 heavy (non-hydrogen) atoms. The van der Waals surface area contributed by atoms with Crippen LogP contribution in [-0.4, -0.2) is 25.1 Å². The number of carbonyl (C=O) groups is 2. The number of nitrogens with one attached hydrogen (secondary N) is 2. The van der Waals surface area contributed by atoms with E-state index >= 15 is 0 Å². The van der Waals surface area contributed by atoms with Crippen molar-refractivity contribution in [1.82, 2.24) is 5.43 Å². The van der Waals surface area contributed by atoms with Crippen LogP contribution >= 0.6 is 23.2 Å². The van der Waals surface area contributed by atoms with E-state index in [0.29, 0.717) is 27.1 Å². The lowest BCUT2D eigenvalue weighted by atomic mass is 10.2. The summed E-state index contributed by atoms with van der Waals surface area (Å²) in [5.41, 5.74) is 2.74. The molecule has 0 aromatic heterocycles. The summed E-state index contributed by atoms with van der Waals surface area (Å²) in [7, 11) is 1.48. The molecule has 2 N–H and O–H groups in total. The van der Waals surface area contributed by atoms with E-state index in [0.717, 1.165) is 17.7 Å². The fourth-order valence-corrected chi connectivity index (χ4v) is 3.60. The molecule has 200 valence electrons. The average molecular weight is 568 g/mol. The number of amides is 2. The van der Waals surface area contributed by atoms with Gasteiger partial charge in [0.15, 0.2) is 11.5 Å². The molecule has 0 unspecified atom stereocenters. The van der Waals surface area contributed by atoms with Gasteiger partial charge in [0.25, 0.3) is 0 Å². The van der Waals surface area contributed by atoms with Gasteiger partial charge in [-0.05, 0) is 54.1 Å². The summed E-state index contributed by atoms with van der Waals surface area (Å²) in [6.45, 7) is 0.192. The van der Waals surface area contributed by atoms with E-state index in [1.807, 2.05) is 0 Å². The lowest BCUT2D eigenvalue weighted by molar-refractivity contribution is -0.137. The number of rotatable bonds is 10. The van der Waals surface area contributed by atoms with Gasteiger partial charge in [0.2, 0.25) is 11.8 Å². The molecule has 0 bridgehead atoms. The number of nitrogens with zero attached hydrogens (tertiary/aromatic N) is 1. The average Bonchev–Trinajstić information content (AvgIpc) is 2.87. The Morgan fingerprint density at radius 2 is 1.74 bits per heavy atom. The molecule has 7 nitrogen and oxygen atoms in total. The third-order valence-electron chi connectivity index (χ3n) is 5.04. The number of ether oxygens (including phenoxy) is 2. The summed E-state index contributed by atoms with van der Waals surface area (Å²) in [5.74, 6) is -0.265. The van der Waals surface area contributed by atoms with E-state index in [2.05, 4.69) is 15.8 Å². The Balaban J connectivity index is 1.48. The number of halogens is 5. The van der Waals surface area contributed by atoms with Crippen molar-refractivity contribution in [3.05, 3.63) is 87.4 Å². The minimum Gasteiger partial charge on any atom is -0.493 e. The Kier molecular flexibility index (Phi) is 9.98. The molecule has 0 aliphatic carbocycles. The lowest BCUT2D eigenvalue weighted by Crippen LogP contribution is -2.20. The Hall–Kier alpha value is -3.76. The highest BCUT2D eigenvalue weighted by molar-refractivity contribution is 6.35. The van der Waals surface area contributed by atoms with Gasteiger partial charge in [-0.15, -0.1) is 0 Å². The number of benzene rings is 3. The summed E-state index contributed by atoms with van der Waals surface area (Å²) in [5, 5.41) is 7.19. The van der Waals surface area contributed by atoms with Crippen LogP contribution in [0.25, 0.3) is 0 Å². The van der Waals surface area contributed by atoms with E-state index in [9.17, 15) is 22.8 Å². The van der Waals surface area contributed by atoms with Crippen LogP contribution in [-0.2, 0) is 22.4 Å². The predicted molar refractivity (Wildman–Crippen MR) is 139 cm³/mol. The zero-order chi connectivity index (χ0) is 27.7. The highest BCUT2D eigenvalue weighted by atomic mass is 35.5. The highest BCUT2D eigenvalue weighted by Gasteiger charge is 2.30. The smallest absolute Gasteiger partial charge is 0.416 e. The number of hydrogen-bond acceptors (Lipinski definition) is 5. The van der Waals surface area contributed by atoms with Gasteiger partial charge in [-0.2, -0.15) is 18.3 Å². The fraction of sp³-hybridized carbons (Fsp3) is 0.192. The third-order valence-corrected chi connectivity index (χ3v) is 5.63. The molecule has 12 heteroatoms. The second-order valence-electron chi connectivity index (χ2n) is 7.85. The molecule has 0 radical (unpaired) electrons. The first kappa shape index (κ1) is 28.8. The first-order chi connectivity index (χ1) is 18.0. The minimum absolute atomic E-state index is 0.0131. The number of hydrazone groups is 1. The largest absolute Gasteiger partial charge is 0.493 e. The van der Waals surface area contributed by atoms with Crippen molar-refractivity contribution in [3.63, 3.8) is 0 Å². The van der Waals surface area contributed by atoms with Crippen molar-refractivity contribution >= 4 is 46.9 Å². The van der Waals surface area contributed by atoms with Crippen LogP contribution in [0.4, 0.5) is 18.9 Å². The Labute approximate surface area is 226 Å². The van der Waals surface area contributed by atoms with Gasteiger partial charge in [-0.25, -0.2) is 5.43 Å². The molecule has 0 spiro atoms. The van der Waals surface area contributed by atoms with Crippen LogP contribution in [0, 0.1) is 0 Å². The Morgan fingerprint density at radius 1 is 0.974 bits per heavy atom.